The molecule has 0 aliphatic heterocycles. The first-order valence-electron chi connectivity index (χ1n) is 5.52. The molecule has 1 amide bonds. The first kappa shape index (κ1) is 16.4. The fourth-order valence-electron chi connectivity index (χ4n) is 1.13. The zero-order valence-corrected chi connectivity index (χ0v) is 12.1. The average molecular weight is 350 g/mol. The topological polar surface area (TPSA) is 95.9 Å². The lowest BCUT2D eigenvalue weighted by Crippen LogP contribution is -2.47. The molecule has 0 heterocycles. The van der Waals surface area contributed by atoms with Crippen LogP contribution < -0.4 is 10.1 Å². The van der Waals surface area contributed by atoms with Crippen molar-refractivity contribution in [2.24, 2.45) is 0 Å². The number of aliphatic hydroxyl groups is 1. The lowest BCUT2D eigenvalue weighted by molar-refractivity contribution is -0.156. The molecular formula is C12H13BrFNO5. The fourth-order valence-corrected chi connectivity index (χ4v) is 1.47. The van der Waals surface area contributed by atoms with Gasteiger partial charge in [-0.15, -0.1) is 0 Å². The Morgan fingerprint density at radius 2 is 2.15 bits per heavy atom. The van der Waals surface area contributed by atoms with E-state index in [2.05, 4.69) is 21.2 Å². The highest BCUT2D eigenvalue weighted by atomic mass is 79.9. The summed E-state index contributed by atoms with van der Waals surface area (Å²) >= 11 is 3.08. The normalized spacial score (nSPS) is 13.4. The second-order valence-electron chi connectivity index (χ2n) is 4.22. The molecule has 110 valence electrons. The van der Waals surface area contributed by atoms with Crippen LogP contribution in [-0.4, -0.2) is 40.8 Å². The van der Waals surface area contributed by atoms with E-state index < -0.39 is 36.4 Å². The van der Waals surface area contributed by atoms with Crippen LogP contribution in [0.3, 0.4) is 0 Å². The molecule has 0 radical (unpaired) electrons. The van der Waals surface area contributed by atoms with Crippen LogP contribution in [0.5, 0.6) is 5.75 Å². The molecule has 1 aromatic carbocycles. The summed E-state index contributed by atoms with van der Waals surface area (Å²) in [7, 11) is 0. The van der Waals surface area contributed by atoms with E-state index in [1.54, 1.807) is 6.07 Å². The van der Waals surface area contributed by atoms with Crippen LogP contribution in [0.1, 0.15) is 6.92 Å². The Morgan fingerprint density at radius 1 is 1.50 bits per heavy atom. The third kappa shape index (κ3) is 4.78. The Balaban J connectivity index is 2.46. The molecule has 0 aliphatic rings. The molecule has 0 saturated heterocycles. The average Bonchev–Trinajstić information content (AvgIpc) is 2.35. The van der Waals surface area contributed by atoms with Gasteiger partial charge in [-0.3, -0.25) is 4.79 Å². The Bertz CT molecular complexity index is 521. The highest BCUT2D eigenvalue weighted by Gasteiger charge is 2.30. The summed E-state index contributed by atoms with van der Waals surface area (Å²) < 4.78 is 18.9. The third-order valence-corrected chi connectivity index (χ3v) is 2.84. The monoisotopic (exact) mass is 349 g/mol. The third-order valence-electron chi connectivity index (χ3n) is 2.34. The first-order chi connectivity index (χ1) is 9.22. The van der Waals surface area contributed by atoms with E-state index in [0.29, 0.717) is 4.47 Å². The number of aliphatic carboxylic acids is 1. The number of ether oxygens (including phenoxy) is 1. The van der Waals surface area contributed by atoms with Crippen LogP contribution in [0, 0.1) is 5.82 Å². The van der Waals surface area contributed by atoms with Crippen LogP contribution in [0.4, 0.5) is 4.39 Å². The van der Waals surface area contributed by atoms with Gasteiger partial charge in [-0.05, 0) is 25.1 Å². The Hall–Kier alpha value is -1.67. The predicted molar refractivity (Wildman–Crippen MR) is 70.9 cm³/mol. The standard InChI is InChI=1S/C12H13BrFNO5/c1-12(19,11(17)18)6-15-10(16)5-20-9-3-2-7(13)4-8(9)14/h2-4,19H,5-6H2,1H3,(H,15,16)(H,17,18). The molecule has 0 aromatic heterocycles. The van der Waals surface area contributed by atoms with Gasteiger partial charge in [-0.1, -0.05) is 15.9 Å². The summed E-state index contributed by atoms with van der Waals surface area (Å²) in [6, 6.07) is 4.08. The molecule has 0 aliphatic carbocycles. The number of rotatable bonds is 6. The molecule has 1 rings (SSSR count). The van der Waals surface area contributed by atoms with Crippen molar-refractivity contribution in [3.63, 3.8) is 0 Å². The molecule has 20 heavy (non-hydrogen) atoms. The minimum atomic E-state index is -2.07. The minimum Gasteiger partial charge on any atom is -0.481 e. The largest absolute Gasteiger partial charge is 0.481 e. The summed E-state index contributed by atoms with van der Waals surface area (Å²) in [5.74, 6) is -2.87. The molecule has 0 saturated carbocycles. The van der Waals surface area contributed by atoms with E-state index in [1.807, 2.05) is 0 Å². The van der Waals surface area contributed by atoms with Crippen LogP contribution >= 0.6 is 15.9 Å². The maximum Gasteiger partial charge on any atom is 0.337 e. The Morgan fingerprint density at radius 3 is 2.70 bits per heavy atom. The SMILES string of the molecule is CC(O)(CNC(=O)COc1ccc(Br)cc1F)C(=O)O. The lowest BCUT2D eigenvalue weighted by atomic mass is 10.1. The van der Waals surface area contributed by atoms with Crippen molar-refractivity contribution in [2.75, 3.05) is 13.2 Å². The first-order valence-corrected chi connectivity index (χ1v) is 6.32. The zero-order chi connectivity index (χ0) is 15.3. The van der Waals surface area contributed by atoms with Gasteiger partial charge in [0.2, 0.25) is 0 Å². The second kappa shape index (κ2) is 6.67. The molecule has 6 nitrogen and oxygen atoms in total. The van der Waals surface area contributed by atoms with E-state index in [4.69, 9.17) is 9.84 Å². The van der Waals surface area contributed by atoms with Crippen LogP contribution in [0.25, 0.3) is 0 Å². The highest BCUT2D eigenvalue weighted by Crippen LogP contribution is 2.21. The van der Waals surface area contributed by atoms with E-state index in [1.165, 1.54) is 12.1 Å². The van der Waals surface area contributed by atoms with Crippen molar-refractivity contribution in [1.82, 2.24) is 5.32 Å². The van der Waals surface area contributed by atoms with E-state index in [-0.39, 0.29) is 5.75 Å². The molecule has 0 bridgehead atoms. The molecule has 1 aromatic rings. The van der Waals surface area contributed by atoms with Gasteiger partial charge in [0, 0.05) is 4.47 Å². The molecule has 0 spiro atoms. The van der Waals surface area contributed by atoms with Gasteiger partial charge in [0.15, 0.2) is 23.8 Å². The molecule has 1 atom stereocenters. The Kier molecular flexibility index (Phi) is 5.46. The van der Waals surface area contributed by atoms with Gasteiger partial charge in [-0.25, -0.2) is 9.18 Å². The van der Waals surface area contributed by atoms with Gasteiger partial charge in [0.1, 0.15) is 0 Å². The summed E-state index contributed by atoms with van der Waals surface area (Å²) in [6.07, 6.45) is 0. The quantitative estimate of drug-likeness (QED) is 0.709. The smallest absolute Gasteiger partial charge is 0.337 e. The van der Waals surface area contributed by atoms with Crippen LogP contribution in [0.15, 0.2) is 22.7 Å². The number of amides is 1. The number of hydrogen-bond donors (Lipinski definition) is 3. The van der Waals surface area contributed by atoms with E-state index >= 15 is 0 Å². The molecule has 8 heteroatoms. The van der Waals surface area contributed by atoms with Crippen LogP contribution in [0.2, 0.25) is 0 Å². The second-order valence-corrected chi connectivity index (χ2v) is 5.13. The number of carbonyl (C=O) groups is 2. The van der Waals surface area contributed by atoms with Gasteiger partial charge < -0.3 is 20.3 Å². The number of halogens is 2. The zero-order valence-electron chi connectivity index (χ0n) is 10.5. The molecule has 0 fully saturated rings. The van der Waals surface area contributed by atoms with Crippen molar-refractivity contribution in [1.29, 1.82) is 0 Å². The number of carbonyl (C=O) groups excluding carboxylic acids is 1. The van der Waals surface area contributed by atoms with Gasteiger partial charge in [0.25, 0.3) is 5.91 Å². The van der Waals surface area contributed by atoms with E-state index in [9.17, 15) is 19.1 Å². The fraction of sp³-hybridized carbons (Fsp3) is 0.333. The summed E-state index contributed by atoms with van der Waals surface area (Å²) in [4.78, 5) is 22.0. The van der Waals surface area contributed by atoms with Crippen molar-refractivity contribution in [3.05, 3.63) is 28.5 Å². The summed E-state index contributed by atoms with van der Waals surface area (Å²) in [5.41, 5.74) is -2.07. The molecule has 1 unspecified atom stereocenters. The number of benzene rings is 1. The van der Waals surface area contributed by atoms with Crippen molar-refractivity contribution in [2.45, 2.75) is 12.5 Å². The number of carboxylic acid groups (broad SMARTS) is 1. The lowest BCUT2D eigenvalue weighted by Gasteiger charge is -2.18. The minimum absolute atomic E-state index is 0.103. The summed E-state index contributed by atoms with van der Waals surface area (Å²) in [5, 5.41) is 20.2. The number of carboxylic acids is 1. The van der Waals surface area contributed by atoms with Gasteiger partial charge in [-0.2, -0.15) is 0 Å². The predicted octanol–water partition coefficient (Wildman–Crippen LogP) is 0.919. The van der Waals surface area contributed by atoms with Crippen molar-refractivity contribution >= 4 is 27.8 Å². The van der Waals surface area contributed by atoms with Crippen molar-refractivity contribution in [3.8, 4) is 5.75 Å². The molecular weight excluding hydrogens is 337 g/mol. The van der Waals surface area contributed by atoms with Crippen molar-refractivity contribution < 1.29 is 28.9 Å². The summed E-state index contributed by atoms with van der Waals surface area (Å²) in [6.45, 7) is 0.0759. The Labute approximate surface area is 122 Å². The number of nitrogens with one attached hydrogen (secondary N) is 1. The van der Waals surface area contributed by atoms with Crippen LogP contribution in [-0.2, 0) is 9.59 Å². The van der Waals surface area contributed by atoms with Gasteiger partial charge >= 0.3 is 5.97 Å². The number of hydrogen-bond acceptors (Lipinski definition) is 4. The van der Waals surface area contributed by atoms with E-state index in [0.717, 1.165) is 6.92 Å². The maximum absolute atomic E-state index is 13.4. The maximum atomic E-state index is 13.4. The molecule has 3 N–H and O–H groups in total. The van der Waals surface area contributed by atoms with Gasteiger partial charge in [0.05, 0.1) is 6.54 Å². The highest BCUT2D eigenvalue weighted by molar-refractivity contribution is 9.10.